The fourth-order valence-electron chi connectivity index (χ4n) is 3.51. The molecule has 3 N–H and O–H groups in total. The van der Waals surface area contributed by atoms with E-state index >= 15 is 0 Å². The molecule has 2 heterocycles. The van der Waals surface area contributed by atoms with Crippen molar-refractivity contribution in [3.05, 3.63) is 94.3 Å². The minimum absolute atomic E-state index is 0.108. The largest absolute Gasteiger partial charge is 0.497 e. The number of hydrogen-bond donors (Lipinski definition) is 2. The monoisotopic (exact) mass is 433 g/mol. The number of ether oxygens (including phenoxy) is 1. The van der Waals surface area contributed by atoms with Crippen LogP contribution in [0, 0.1) is 6.92 Å². The molecule has 0 radical (unpaired) electrons. The predicted octanol–water partition coefficient (Wildman–Crippen LogP) is 4.98. The van der Waals surface area contributed by atoms with Crippen LogP contribution in [-0.4, -0.2) is 23.2 Å². The average Bonchev–Trinajstić information content (AvgIpc) is 3.07. The van der Waals surface area contributed by atoms with E-state index in [2.05, 4.69) is 5.32 Å². The van der Waals surface area contributed by atoms with Crippen molar-refractivity contribution >= 4 is 40.2 Å². The number of nitrogen functional groups attached to an aromatic ring is 1. The molecule has 7 heteroatoms. The summed E-state index contributed by atoms with van der Waals surface area (Å²) >= 11 is 6.08. The first kappa shape index (κ1) is 20.5. The zero-order chi connectivity index (χ0) is 22.1. The van der Waals surface area contributed by atoms with Crippen LogP contribution in [0.2, 0.25) is 5.02 Å². The van der Waals surface area contributed by atoms with Gasteiger partial charge in [-0.25, -0.2) is 0 Å². The molecule has 0 saturated carbocycles. The third-order valence-electron chi connectivity index (χ3n) is 5.10. The van der Waals surface area contributed by atoms with Gasteiger partial charge in [0.2, 0.25) is 5.78 Å². The van der Waals surface area contributed by atoms with Gasteiger partial charge in [-0.15, -0.1) is 0 Å². The molecule has 4 aromatic rings. The van der Waals surface area contributed by atoms with Gasteiger partial charge < -0.3 is 20.2 Å². The Kier molecular flexibility index (Phi) is 5.40. The summed E-state index contributed by atoms with van der Waals surface area (Å²) in [5, 5.41) is 3.37. The number of benzene rings is 2. The number of nitrogens with zero attached hydrogens (tertiary/aromatic N) is 1. The van der Waals surface area contributed by atoms with Gasteiger partial charge >= 0.3 is 0 Å². The highest BCUT2D eigenvalue weighted by Crippen LogP contribution is 2.30. The minimum atomic E-state index is -0.420. The van der Waals surface area contributed by atoms with Crippen LogP contribution in [0.3, 0.4) is 0 Å². The van der Waals surface area contributed by atoms with Gasteiger partial charge in [0.05, 0.1) is 23.9 Å². The zero-order valence-corrected chi connectivity index (χ0v) is 17.7. The molecule has 0 atom stereocenters. The molecule has 6 nitrogen and oxygen atoms in total. The molecule has 0 spiro atoms. The molecule has 1 amide bonds. The lowest BCUT2D eigenvalue weighted by molar-refractivity contribution is 0.102. The fourth-order valence-corrected chi connectivity index (χ4v) is 3.69. The number of aromatic nitrogens is 1. The van der Waals surface area contributed by atoms with Crippen LogP contribution in [0.25, 0.3) is 5.52 Å². The van der Waals surface area contributed by atoms with Crippen LogP contribution in [-0.2, 0) is 0 Å². The third-order valence-corrected chi connectivity index (χ3v) is 5.34. The van der Waals surface area contributed by atoms with Crippen molar-refractivity contribution in [2.24, 2.45) is 0 Å². The second-order valence-electron chi connectivity index (χ2n) is 7.07. The Morgan fingerprint density at radius 1 is 1.06 bits per heavy atom. The Labute approximate surface area is 184 Å². The number of carbonyl (C=O) groups excluding carboxylic acids is 2. The molecule has 0 unspecified atom stereocenters. The molecule has 4 rings (SSSR count). The molecule has 2 aromatic carbocycles. The van der Waals surface area contributed by atoms with Crippen LogP contribution in [0.4, 0.5) is 11.4 Å². The van der Waals surface area contributed by atoms with Crippen molar-refractivity contribution in [1.82, 2.24) is 4.40 Å². The standard InChI is InChI=1S/C24H20ClN3O3/c1-14-9-10-16(25)13-18(14)27-24(30)20-19-8-3-4-11-28(19)22(21(20)26)23(29)15-6-5-7-17(12-15)31-2/h3-13H,26H2,1-2H3,(H,27,30). The first-order chi connectivity index (χ1) is 14.9. The average molecular weight is 434 g/mol. The Morgan fingerprint density at radius 3 is 2.65 bits per heavy atom. The summed E-state index contributed by atoms with van der Waals surface area (Å²) in [5.41, 5.74) is 9.31. The Bertz CT molecular complexity index is 1330. The highest BCUT2D eigenvalue weighted by atomic mass is 35.5. The zero-order valence-electron chi connectivity index (χ0n) is 17.0. The highest BCUT2D eigenvalue weighted by molar-refractivity contribution is 6.31. The number of hydrogen-bond acceptors (Lipinski definition) is 4. The summed E-state index contributed by atoms with van der Waals surface area (Å²) in [6.07, 6.45) is 1.71. The number of rotatable bonds is 5. The lowest BCUT2D eigenvalue weighted by atomic mass is 10.1. The van der Waals surface area contributed by atoms with Gasteiger partial charge in [-0.2, -0.15) is 0 Å². The predicted molar refractivity (Wildman–Crippen MR) is 122 cm³/mol. The van der Waals surface area contributed by atoms with E-state index in [9.17, 15) is 9.59 Å². The first-order valence-corrected chi connectivity index (χ1v) is 9.93. The van der Waals surface area contributed by atoms with Gasteiger partial charge in [0.15, 0.2) is 0 Å². The molecule has 2 aromatic heterocycles. The van der Waals surface area contributed by atoms with Gasteiger partial charge in [0.1, 0.15) is 11.4 Å². The van der Waals surface area contributed by atoms with Crippen molar-refractivity contribution in [3.63, 3.8) is 0 Å². The molecule has 0 fully saturated rings. The summed E-state index contributed by atoms with van der Waals surface area (Å²) in [7, 11) is 1.53. The number of carbonyl (C=O) groups is 2. The van der Waals surface area contributed by atoms with E-state index in [1.54, 1.807) is 65.2 Å². The number of methoxy groups -OCH3 is 1. The maximum Gasteiger partial charge on any atom is 0.259 e. The molecular weight excluding hydrogens is 414 g/mol. The molecular formula is C24H20ClN3O3. The Balaban J connectivity index is 1.82. The maximum atomic E-state index is 13.3. The number of halogens is 1. The molecule has 0 saturated heterocycles. The Morgan fingerprint density at radius 2 is 1.87 bits per heavy atom. The minimum Gasteiger partial charge on any atom is -0.497 e. The smallest absolute Gasteiger partial charge is 0.259 e. The topological polar surface area (TPSA) is 85.8 Å². The van der Waals surface area contributed by atoms with Crippen LogP contribution < -0.4 is 15.8 Å². The van der Waals surface area contributed by atoms with Crippen molar-refractivity contribution in [3.8, 4) is 5.75 Å². The van der Waals surface area contributed by atoms with E-state index in [0.717, 1.165) is 5.56 Å². The van der Waals surface area contributed by atoms with Crippen LogP contribution >= 0.6 is 11.6 Å². The molecule has 0 aliphatic carbocycles. The van der Waals surface area contributed by atoms with E-state index in [1.807, 2.05) is 13.0 Å². The second kappa shape index (κ2) is 8.16. The number of ketones is 1. The van der Waals surface area contributed by atoms with E-state index in [1.165, 1.54) is 7.11 Å². The van der Waals surface area contributed by atoms with Crippen molar-refractivity contribution < 1.29 is 14.3 Å². The van der Waals surface area contributed by atoms with Crippen molar-refractivity contribution in [1.29, 1.82) is 0 Å². The second-order valence-corrected chi connectivity index (χ2v) is 7.50. The molecule has 0 aliphatic rings. The van der Waals surface area contributed by atoms with Crippen LogP contribution in [0.15, 0.2) is 66.9 Å². The van der Waals surface area contributed by atoms with Crippen LogP contribution in [0.1, 0.15) is 32.0 Å². The van der Waals surface area contributed by atoms with Crippen molar-refractivity contribution in [2.75, 3.05) is 18.2 Å². The summed E-state index contributed by atoms with van der Waals surface area (Å²) in [5.74, 6) is -0.175. The molecule has 31 heavy (non-hydrogen) atoms. The van der Waals surface area contributed by atoms with Gasteiger partial charge in [0.25, 0.3) is 5.91 Å². The number of anilines is 2. The summed E-state index contributed by atoms with van der Waals surface area (Å²) in [6, 6.07) is 17.4. The summed E-state index contributed by atoms with van der Waals surface area (Å²) in [6.45, 7) is 1.87. The third kappa shape index (κ3) is 3.73. The number of pyridine rings is 1. The van der Waals surface area contributed by atoms with E-state index in [-0.39, 0.29) is 22.7 Å². The van der Waals surface area contributed by atoms with Crippen LogP contribution in [0.5, 0.6) is 5.75 Å². The molecule has 156 valence electrons. The number of amides is 1. The summed E-state index contributed by atoms with van der Waals surface area (Å²) < 4.78 is 6.86. The Hall–Kier alpha value is -3.77. The lowest BCUT2D eigenvalue weighted by Crippen LogP contribution is -2.15. The fraction of sp³-hybridized carbons (Fsp3) is 0.0833. The van der Waals surface area contributed by atoms with Gasteiger partial charge in [-0.1, -0.05) is 35.9 Å². The number of nitrogens with one attached hydrogen (secondary N) is 1. The highest BCUT2D eigenvalue weighted by Gasteiger charge is 2.26. The maximum absolute atomic E-state index is 13.3. The van der Waals surface area contributed by atoms with Gasteiger partial charge in [0, 0.05) is 22.5 Å². The van der Waals surface area contributed by atoms with E-state index < -0.39 is 5.91 Å². The number of nitrogens with two attached hydrogens (primary N) is 1. The summed E-state index contributed by atoms with van der Waals surface area (Å²) in [4.78, 5) is 26.5. The number of aryl methyl sites for hydroxylation is 1. The SMILES string of the molecule is COc1cccc(C(=O)c2c(N)c(C(=O)Nc3cc(Cl)ccc3C)c3ccccn23)c1. The van der Waals surface area contributed by atoms with Crippen molar-refractivity contribution in [2.45, 2.75) is 6.92 Å². The first-order valence-electron chi connectivity index (χ1n) is 9.55. The van der Waals surface area contributed by atoms with Gasteiger partial charge in [-0.3, -0.25) is 9.59 Å². The quantitative estimate of drug-likeness (QED) is 0.435. The van der Waals surface area contributed by atoms with E-state index in [4.69, 9.17) is 22.1 Å². The number of fused-ring (bicyclic) bond motifs is 1. The normalized spacial score (nSPS) is 10.8. The molecule has 0 aliphatic heterocycles. The lowest BCUT2D eigenvalue weighted by Gasteiger charge is -2.09. The molecule has 0 bridgehead atoms. The van der Waals surface area contributed by atoms with Gasteiger partial charge in [-0.05, 0) is 48.9 Å². The van der Waals surface area contributed by atoms with E-state index in [0.29, 0.717) is 27.5 Å².